The minimum Gasteiger partial charge on any atom is -0.504 e. The summed E-state index contributed by atoms with van der Waals surface area (Å²) in [5, 5.41) is 21.9. The first-order valence-corrected chi connectivity index (χ1v) is 11.8. The molecule has 0 saturated carbocycles. The first kappa shape index (κ1) is 25.6. The molecule has 2 unspecified atom stereocenters. The van der Waals surface area contributed by atoms with Crippen molar-refractivity contribution < 1.29 is 19.8 Å². The van der Waals surface area contributed by atoms with Gasteiger partial charge in [0.2, 0.25) is 0 Å². The van der Waals surface area contributed by atoms with E-state index in [0.717, 1.165) is 19.5 Å². The molecule has 1 saturated heterocycles. The van der Waals surface area contributed by atoms with E-state index >= 15 is 0 Å². The SMILES string of the molecule is CC1=C(O)C(C(=O)NCC(=O)O)=NC(C)N1C1CCN(c2ccc(C(C)(C)C)cc2)CC1(C)C. The Morgan fingerprint density at radius 3 is 2.35 bits per heavy atom. The van der Waals surface area contributed by atoms with Crippen LogP contribution in [0.2, 0.25) is 0 Å². The number of aliphatic hydroxyl groups excluding tert-OH is 1. The van der Waals surface area contributed by atoms with Gasteiger partial charge in [-0.1, -0.05) is 46.8 Å². The third-order valence-corrected chi connectivity index (χ3v) is 6.90. The molecule has 8 nitrogen and oxygen atoms in total. The third-order valence-electron chi connectivity index (χ3n) is 6.90. The first-order valence-electron chi connectivity index (χ1n) is 11.8. The van der Waals surface area contributed by atoms with Gasteiger partial charge in [0.05, 0.1) is 5.70 Å². The number of piperidine rings is 1. The maximum absolute atomic E-state index is 12.4. The molecule has 2 heterocycles. The minimum absolute atomic E-state index is 0.113. The second-order valence-corrected chi connectivity index (χ2v) is 11.0. The largest absolute Gasteiger partial charge is 0.504 e. The van der Waals surface area contributed by atoms with Crippen molar-refractivity contribution in [2.75, 3.05) is 24.5 Å². The van der Waals surface area contributed by atoms with Crippen molar-refractivity contribution in [3.63, 3.8) is 0 Å². The molecule has 2 aliphatic rings. The van der Waals surface area contributed by atoms with Crippen LogP contribution in [-0.4, -0.2) is 64.5 Å². The summed E-state index contributed by atoms with van der Waals surface area (Å²) in [5.41, 5.74) is 2.99. The number of nitrogens with zero attached hydrogens (tertiary/aromatic N) is 3. The van der Waals surface area contributed by atoms with E-state index in [4.69, 9.17) is 5.11 Å². The molecule has 0 spiro atoms. The number of aliphatic carboxylic acids is 1. The van der Waals surface area contributed by atoms with Crippen LogP contribution in [-0.2, 0) is 15.0 Å². The number of nitrogens with one attached hydrogen (secondary N) is 1. The molecule has 186 valence electrons. The smallest absolute Gasteiger partial charge is 0.322 e. The number of benzene rings is 1. The van der Waals surface area contributed by atoms with Crippen LogP contribution in [0.4, 0.5) is 5.69 Å². The Labute approximate surface area is 202 Å². The summed E-state index contributed by atoms with van der Waals surface area (Å²) in [4.78, 5) is 32.1. The van der Waals surface area contributed by atoms with Crippen LogP contribution in [0.15, 0.2) is 40.7 Å². The molecule has 2 atom stereocenters. The molecular formula is C26H38N4O4. The van der Waals surface area contributed by atoms with Crippen molar-refractivity contribution in [3.05, 3.63) is 41.3 Å². The van der Waals surface area contributed by atoms with Crippen molar-refractivity contribution in [1.29, 1.82) is 0 Å². The molecule has 8 heteroatoms. The molecule has 1 aromatic rings. The van der Waals surface area contributed by atoms with Crippen LogP contribution in [0.1, 0.15) is 60.5 Å². The van der Waals surface area contributed by atoms with Gasteiger partial charge in [-0.25, -0.2) is 0 Å². The normalized spacial score (nSPS) is 23.0. The second-order valence-electron chi connectivity index (χ2n) is 11.0. The van der Waals surface area contributed by atoms with E-state index in [-0.39, 0.29) is 34.5 Å². The number of aliphatic hydroxyl groups is 1. The number of carboxylic acid groups (broad SMARTS) is 1. The monoisotopic (exact) mass is 470 g/mol. The van der Waals surface area contributed by atoms with Gasteiger partial charge in [0.15, 0.2) is 11.5 Å². The van der Waals surface area contributed by atoms with E-state index < -0.39 is 18.4 Å². The molecule has 0 aliphatic carbocycles. The van der Waals surface area contributed by atoms with Gasteiger partial charge < -0.3 is 25.3 Å². The van der Waals surface area contributed by atoms with Crippen molar-refractivity contribution >= 4 is 23.3 Å². The van der Waals surface area contributed by atoms with E-state index in [1.165, 1.54) is 11.3 Å². The Hall–Kier alpha value is -3.03. The standard InChI is InChI=1S/C26H38N4O4/c1-16-23(33)22(24(34)27-14-21(31)32)28-17(2)30(16)20-12-13-29(15-26(20,6)7)19-10-8-18(9-11-19)25(3,4)5/h8-11,17,20,33H,12-15H2,1-7H3,(H,27,34)(H,31,32). The van der Waals surface area contributed by atoms with Gasteiger partial charge in [-0.05, 0) is 43.4 Å². The number of anilines is 1. The average Bonchev–Trinajstić information content (AvgIpc) is 2.74. The molecule has 3 rings (SSSR count). The summed E-state index contributed by atoms with van der Waals surface area (Å²) in [7, 11) is 0. The quantitative estimate of drug-likeness (QED) is 0.606. The summed E-state index contributed by atoms with van der Waals surface area (Å²) >= 11 is 0. The fourth-order valence-corrected chi connectivity index (χ4v) is 5.04. The molecule has 0 bridgehead atoms. The van der Waals surface area contributed by atoms with Crippen LogP contribution < -0.4 is 10.2 Å². The van der Waals surface area contributed by atoms with Crippen LogP contribution in [0, 0.1) is 5.41 Å². The average molecular weight is 471 g/mol. The van der Waals surface area contributed by atoms with Gasteiger partial charge in [-0.3, -0.25) is 14.6 Å². The van der Waals surface area contributed by atoms with Crippen molar-refractivity contribution in [1.82, 2.24) is 10.2 Å². The maximum Gasteiger partial charge on any atom is 0.322 e. The Morgan fingerprint density at radius 2 is 1.82 bits per heavy atom. The number of amides is 1. The fourth-order valence-electron chi connectivity index (χ4n) is 5.04. The van der Waals surface area contributed by atoms with E-state index in [0.29, 0.717) is 5.70 Å². The van der Waals surface area contributed by atoms with Gasteiger partial charge in [0.1, 0.15) is 12.7 Å². The minimum atomic E-state index is -1.15. The van der Waals surface area contributed by atoms with Gasteiger partial charge in [0, 0.05) is 30.2 Å². The zero-order valence-corrected chi connectivity index (χ0v) is 21.3. The summed E-state index contributed by atoms with van der Waals surface area (Å²) in [6.45, 7) is 16.0. The van der Waals surface area contributed by atoms with Gasteiger partial charge >= 0.3 is 5.97 Å². The molecule has 1 aromatic carbocycles. The zero-order valence-electron chi connectivity index (χ0n) is 21.3. The Morgan fingerprint density at radius 1 is 1.21 bits per heavy atom. The number of carbonyl (C=O) groups is 2. The molecule has 0 aromatic heterocycles. The Bertz CT molecular complexity index is 1000. The summed E-state index contributed by atoms with van der Waals surface area (Å²) in [5.74, 6) is -2.03. The number of hydrogen-bond donors (Lipinski definition) is 3. The van der Waals surface area contributed by atoms with Crippen LogP contribution in [0.3, 0.4) is 0 Å². The topological polar surface area (TPSA) is 105 Å². The molecular weight excluding hydrogens is 432 g/mol. The lowest BCUT2D eigenvalue weighted by Crippen LogP contribution is -2.58. The highest BCUT2D eigenvalue weighted by molar-refractivity contribution is 6.45. The third kappa shape index (κ3) is 5.21. The lowest BCUT2D eigenvalue weighted by Gasteiger charge is -2.52. The highest BCUT2D eigenvalue weighted by Crippen LogP contribution is 2.39. The summed E-state index contributed by atoms with van der Waals surface area (Å²) in [6.07, 6.45) is 0.516. The summed E-state index contributed by atoms with van der Waals surface area (Å²) in [6, 6.07) is 8.92. The number of allylic oxidation sites excluding steroid dienone is 1. The van der Waals surface area contributed by atoms with Gasteiger partial charge in [-0.15, -0.1) is 0 Å². The fraction of sp³-hybridized carbons (Fsp3) is 0.577. The maximum atomic E-state index is 12.4. The highest BCUT2D eigenvalue weighted by Gasteiger charge is 2.43. The lowest BCUT2D eigenvalue weighted by atomic mass is 9.77. The highest BCUT2D eigenvalue weighted by atomic mass is 16.4. The Balaban J connectivity index is 1.77. The molecule has 2 aliphatic heterocycles. The van der Waals surface area contributed by atoms with Crippen LogP contribution in [0.25, 0.3) is 0 Å². The van der Waals surface area contributed by atoms with Gasteiger partial charge in [-0.2, -0.15) is 0 Å². The van der Waals surface area contributed by atoms with Gasteiger partial charge in [0.25, 0.3) is 5.91 Å². The van der Waals surface area contributed by atoms with Crippen molar-refractivity contribution in [3.8, 4) is 0 Å². The molecule has 3 N–H and O–H groups in total. The number of rotatable bonds is 5. The Kier molecular flexibility index (Phi) is 7.01. The molecule has 34 heavy (non-hydrogen) atoms. The predicted octanol–water partition coefficient (Wildman–Crippen LogP) is 3.68. The second kappa shape index (κ2) is 9.31. The van der Waals surface area contributed by atoms with Crippen LogP contribution >= 0.6 is 0 Å². The first-order chi connectivity index (χ1) is 15.7. The number of carbonyl (C=O) groups excluding carboxylic acids is 1. The molecule has 0 radical (unpaired) electrons. The number of hydrogen-bond acceptors (Lipinski definition) is 6. The predicted molar refractivity (Wildman–Crippen MR) is 134 cm³/mol. The summed E-state index contributed by atoms with van der Waals surface area (Å²) < 4.78 is 0. The van der Waals surface area contributed by atoms with E-state index in [2.05, 4.69) is 79.0 Å². The number of aliphatic imine (C=N–C) groups is 1. The van der Waals surface area contributed by atoms with Crippen molar-refractivity contribution in [2.45, 2.75) is 72.5 Å². The van der Waals surface area contributed by atoms with Crippen molar-refractivity contribution in [2.24, 2.45) is 10.4 Å². The molecule has 1 fully saturated rings. The van der Waals surface area contributed by atoms with E-state index in [1.807, 2.05) is 6.92 Å². The van der Waals surface area contributed by atoms with Crippen LogP contribution in [0.5, 0.6) is 0 Å². The zero-order chi connectivity index (χ0) is 25.4. The van der Waals surface area contributed by atoms with E-state index in [1.54, 1.807) is 6.92 Å². The number of carboxylic acids is 1. The van der Waals surface area contributed by atoms with E-state index in [9.17, 15) is 14.7 Å². The lowest BCUT2D eigenvalue weighted by molar-refractivity contribution is -0.137. The molecule has 1 amide bonds.